The number of Topliss-reactive ketones (excluding diaryl/α,β-unsaturated/α-hetero) is 1. The maximum absolute atomic E-state index is 14.4. The van der Waals surface area contributed by atoms with Gasteiger partial charge in [-0.1, -0.05) is 60.1 Å². The molecule has 0 aliphatic heterocycles. The minimum Gasteiger partial charge on any atom is -0.481 e. The van der Waals surface area contributed by atoms with E-state index in [2.05, 4.69) is 53.5 Å². The number of pyridine rings is 1. The van der Waals surface area contributed by atoms with E-state index >= 15 is 0 Å². The Kier molecular flexibility index (Phi) is 11.8. The van der Waals surface area contributed by atoms with Gasteiger partial charge in [-0.15, -0.1) is 0 Å². The summed E-state index contributed by atoms with van der Waals surface area (Å²) in [5.74, 6) is -0.443. The lowest BCUT2D eigenvalue weighted by Crippen LogP contribution is -2.66. The number of fused-ring (bicyclic) bond motifs is 7. The van der Waals surface area contributed by atoms with E-state index in [0.29, 0.717) is 18.3 Å². The van der Waals surface area contributed by atoms with Gasteiger partial charge in [-0.05, 0) is 144 Å². The Morgan fingerprint density at radius 2 is 1.62 bits per heavy atom. The lowest BCUT2D eigenvalue weighted by Gasteiger charge is -2.72. The molecule has 1 aromatic heterocycles. The van der Waals surface area contributed by atoms with Crippen molar-refractivity contribution in [2.75, 3.05) is 27.2 Å². The summed E-state index contributed by atoms with van der Waals surface area (Å²) in [5.41, 5.74) is 0.549. The maximum Gasteiger partial charge on any atom is 0.309 e. The zero-order valence-corrected chi connectivity index (χ0v) is 37.6. The molecule has 0 radical (unpaired) electrons. The molecule has 4 fully saturated rings. The van der Waals surface area contributed by atoms with E-state index in [1.54, 1.807) is 24.9 Å². The van der Waals surface area contributed by atoms with E-state index < -0.39 is 28.9 Å². The van der Waals surface area contributed by atoms with Gasteiger partial charge < -0.3 is 24.7 Å². The van der Waals surface area contributed by atoms with Gasteiger partial charge in [0.1, 0.15) is 6.10 Å². The fraction of sp³-hybridized carbons (Fsp3) is 0.771. The molecule has 4 saturated carbocycles. The van der Waals surface area contributed by atoms with Crippen molar-refractivity contribution in [2.45, 2.75) is 152 Å². The zero-order chi connectivity index (χ0) is 43.0. The van der Waals surface area contributed by atoms with Crippen LogP contribution in [0.15, 0.2) is 35.5 Å². The van der Waals surface area contributed by atoms with Crippen molar-refractivity contribution in [1.82, 2.24) is 14.8 Å². The predicted octanol–water partition coefficient (Wildman–Crippen LogP) is 8.29. The van der Waals surface area contributed by atoms with E-state index in [0.717, 1.165) is 56.2 Å². The van der Waals surface area contributed by atoms with Crippen LogP contribution >= 0.6 is 0 Å². The summed E-state index contributed by atoms with van der Waals surface area (Å²) < 4.78 is 6.18. The standard InChI is InChI=1S/C48H73N3O7/c1-29(2)40-33(52)25-48(36(53)27-51(38(54)28-50(11)12)30(3)32-15-13-14-24-49-32)23-22-46(9)31(41(40)48)16-17-35-45(8)20-19-37(58-39(55)26-43(4,5)42(56)57)44(6,7)34(45)18-21-47(35,46)10/h13-15,24,29-31,34-37,53H,16-23,25-28H2,1-12H3,(H,56,57)/t30-,31+,34-,35+,36?,37-,45-,46+,47+,48?/m0/s1. The fourth-order valence-corrected chi connectivity index (χ4v) is 13.9. The number of hydrogen-bond acceptors (Lipinski definition) is 8. The van der Waals surface area contributed by atoms with E-state index in [1.807, 2.05) is 44.1 Å². The van der Waals surface area contributed by atoms with Gasteiger partial charge in [0.2, 0.25) is 5.91 Å². The number of carboxylic acid groups (broad SMARTS) is 1. The molecule has 10 nitrogen and oxygen atoms in total. The van der Waals surface area contributed by atoms with Crippen molar-refractivity contribution in [2.24, 2.45) is 56.2 Å². The van der Waals surface area contributed by atoms with E-state index in [4.69, 9.17) is 4.74 Å². The molecule has 322 valence electrons. The number of rotatable bonds is 12. The average molecular weight is 804 g/mol. The number of nitrogens with zero attached hydrogens (tertiary/aromatic N) is 3. The molecule has 1 aromatic rings. The third-order valence-corrected chi connectivity index (χ3v) is 17.2. The van der Waals surface area contributed by atoms with Crippen LogP contribution in [0, 0.1) is 56.2 Å². The summed E-state index contributed by atoms with van der Waals surface area (Å²) in [6.45, 7) is 21.7. The molecule has 10 atom stereocenters. The highest BCUT2D eigenvalue weighted by Gasteiger charge is 2.71. The highest BCUT2D eigenvalue weighted by atomic mass is 16.5. The van der Waals surface area contributed by atoms with Crippen LogP contribution in [-0.2, 0) is 23.9 Å². The Morgan fingerprint density at radius 3 is 2.22 bits per heavy atom. The normalized spacial score (nSPS) is 35.4. The van der Waals surface area contributed by atoms with Crippen LogP contribution in [0.5, 0.6) is 0 Å². The maximum atomic E-state index is 14.4. The molecule has 5 aliphatic carbocycles. The topological polar surface area (TPSA) is 137 Å². The average Bonchev–Trinajstić information content (AvgIpc) is 3.44. The van der Waals surface area contributed by atoms with Crippen molar-refractivity contribution < 1.29 is 34.1 Å². The summed E-state index contributed by atoms with van der Waals surface area (Å²) in [7, 11) is 3.75. The molecule has 1 amide bonds. The number of aromatic nitrogens is 1. The fourth-order valence-electron chi connectivity index (χ4n) is 13.9. The number of carbonyl (C=O) groups excluding carboxylic acids is 3. The summed E-state index contributed by atoms with van der Waals surface area (Å²) in [6.07, 6.45) is 7.97. The van der Waals surface area contributed by atoms with Gasteiger partial charge in [-0.25, -0.2) is 0 Å². The van der Waals surface area contributed by atoms with Crippen molar-refractivity contribution in [3.05, 3.63) is 41.2 Å². The lowest BCUT2D eigenvalue weighted by molar-refractivity contribution is -0.235. The van der Waals surface area contributed by atoms with Crippen LogP contribution < -0.4 is 0 Å². The first-order valence-electron chi connectivity index (χ1n) is 22.1. The van der Waals surface area contributed by atoms with Crippen molar-refractivity contribution >= 4 is 23.6 Å². The number of amides is 1. The van der Waals surface area contributed by atoms with Crippen LogP contribution in [0.2, 0.25) is 0 Å². The summed E-state index contributed by atoms with van der Waals surface area (Å²) in [6, 6.07) is 5.36. The molecule has 0 bridgehead atoms. The second-order valence-electron chi connectivity index (χ2n) is 21.8. The third-order valence-electron chi connectivity index (χ3n) is 17.2. The Morgan fingerprint density at radius 1 is 0.931 bits per heavy atom. The summed E-state index contributed by atoms with van der Waals surface area (Å²) >= 11 is 0. The van der Waals surface area contributed by atoms with Gasteiger partial charge in [0.05, 0.1) is 36.2 Å². The van der Waals surface area contributed by atoms with Crippen LogP contribution in [-0.4, -0.2) is 88.0 Å². The molecule has 1 heterocycles. The zero-order valence-electron chi connectivity index (χ0n) is 37.6. The van der Waals surface area contributed by atoms with E-state index in [1.165, 1.54) is 5.57 Å². The number of aliphatic carboxylic acids is 1. The van der Waals surface area contributed by atoms with E-state index in [-0.39, 0.29) is 83.3 Å². The van der Waals surface area contributed by atoms with Crippen molar-refractivity contribution in [3.63, 3.8) is 0 Å². The lowest BCUT2D eigenvalue weighted by atomic mass is 9.33. The SMILES string of the molecule is CC(C)C1=C2[C@H]3CC[C@@H]4[C@@]5(C)CC[C@H](OC(=O)CC(C)(C)C(=O)O)C(C)(C)[C@@H]5CC[C@@]4(C)[C@]3(C)CCC2(C(O)CN(C(=O)CN(C)C)[C@@H](C)c2ccccn2)CC1=O. The molecular weight excluding hydrogens is 731 g/mol. The minimum atomic E-state index is -1.19. The molecule has 5 aliphatic rings. The third kappa shape index (κ3) is 7.07. The number of carbonyl (C=O) groups is 4. The Balaban J connectivity index is 1.31. The van der Waals surface area contributed by atoms with Gasteiger partial charge in [-0.3, -0.25) is 24.2 Å². The Bertz CT molecular complexity index is 1800. The first kappa shape index (κ1) is 44.4. The highest BCUT2D eigenvalue weighted by molar-refractivity contribution is 6.01. The van der Waals surface area contributed by atoms with Crippen LogP contribution in [0.25, 0.3) is 0 Å². The smallest absolute Gasteiger partial charge is 0.309 e. The summed E-state index contributed by atoms with van der Waals surface area (Å²) in [5, 5.41) is 22.4. The van der Waals surface area contributed by atoms with Gasteiger partial charge in [0, 0.05) is 30.0 Å². The molecule has 10 heteroatoms. The second kappa shape index (κ2) is 15.4. The van der Waals surface area contributed by atoms with Gasteiger partial charge in [0.25, 0.3) is 0 Å². The molecule has 6 rings (SSSR count). The van der Waals surface area contributed by atoms with Crippen LogP contribution in [0.4, 0.5) is 0 Å². The highest BCUT2D eigenvalue weighted by Crippen LogP contribution is 2.77. The first-order valence-corrected chi connectivity index (χ1v) is 22.1. The molecule has 58 heavy (non-hydrogen) atoms. The molecule has 2 N–H and O–H groups in total. The van der Waals surface area contributed by atoms with Gasteiger partial charge in [0.15, 0.2) is 5.78 Å². The number of aliphatic hydroxyl groups is 1. The largest absolute Gasteiger partial charge is 0.481 e. The van der Waals surface area contributed by atoms with Crippen LogP contribution in [0.1, 0.15) is 145 Å². The number of ketones is 1. The number of aliphatic hydroxyl groups excluding tert-OH is 1. The van der Waals surface area contributed by atoms with Gasteiger partial charge in [-0.2, -0.15) is 0 Å². The number of ether oxygens (including phenoxy) is 1. The second-order valence-corrected chi connectivity index (χ2v) is 21.8. The molecular formula is C48H73N3O7. The quantitative estimate of drug-likeness (QED) is 0.200. The van der Waals surface area contributed by atoms with E-state index in [9.17, 15) is 29.4 Å². The van der Waals surface area contributed by atoms with Crippen molar-refractivity contribution in [3.8, 4) is 0 Å². The number of carboxylic acids is 1. The number of hydrogen-bond donors (Lipinski definition) is 2. The Hall–Kier alpha value is -3.11. The molecule has 2 unspecified atom stereocenters. The molecule has 0 saturated heterocycles. The number of esters is 1. The molecule has 0 aromatic carbocycles. The number of likely N-dealkylation sites (N-methyl/N-ethyl adjacent to an activating group) is 1. The van der Waals surface area contributed by atoms with Gasteiger partial charge >= 0.3 is 11.9 Å². The van der Waals surface area contributed by atoms with Crippen LogP contribution in [0.3, 0.4) is 0 Å². The predicted molar refractivity (Wildman–Crippen MR) is 224 cm³/mol. The minimum absolute atomic E-state index is 0.0113. The summed E-state index contributed by atoms with van der Waals surface area (Å²) in [4.78, 5) is 61.5. The first-order chi connectivity index (χ1) is 26.9. The molecule has 0 spiro atoms. The number of allylic oxidation sites excluding steroid dienone is 1. The van der Waals surface area contributed by atoms with Crippen molar-refractivity contribution in [1.29, 1.82) is 0 Å². The monoisotopic (exact) mass is 804 g/mol. The Labute approximate surface area is 347 Å².